The highest BCUT2D eigenvalue weighted by atomic mass is 16.7. The Labute approximate surface area is 188 Å². The summed E-state index contributed by atoms with van der Waals surface area (Å²) in [7, 11) is 0. The third kappa shape index (κ3) is 21.9. The minimum absolute atomic E-state index is 0.0287. The number of carbonyl (C=O) groups is 1. The van der Waals surface area contributed by atoms with Crippen molar-refractivity contribution in [3.8, 4) is 0 Å². The standard InChI is InChI=1S/C26H53NO3/c1-3-5-7-9-11-13-17-21-25(22-18-14-12-10-8-6-4-2)30-26(28)29-24-20-16-15-19-23-27/h25H,3-24,27H2,1-2H3. The Hall–Kier alpha value is -0.770. The maximum absolute atomic E-state index is 12.1. The van der Waals surface area contributed by atoms with Gasteiger partial charge in [-0.05, 0) is 45.1 Å². The monoisotopic (exact) mass is 427 g/mol. The van der Waals surface area contributed by atoms with Crippen molar-refractivity contribution in [3.63, 3.8) is 0 Å². The van der Waals surface area contributed by atoms with Gasteiger partial charge in [-0.25, -0.2) is 4.79 Å². The van der Waals surface area contributed by atoms with Gasteiger partial charge >= 0.3 is 6.16 Å². The zero-order valence-electron chi connectivity index (χ0n) is 20.4. The molecular formula is C26H53NO3. The highest BCUT2D eigenvalue weighted by Crippen LogP contribution is 2.18. The fourth-order valence-corrected chi connectivity index (χ4v) is 3.85. The summed E-state index contributed by atoms with van der Waals surface area (Å²) >= 11 is 0. The molecule has 30 heavy (non-hydrogen) atoms. The minimum Gasteiger partial charge on any atom is -0.434 e. The molecule has 0 aromatic rings. The summed E-state index contributed by atoms with van der Waals surface area (Å²) in [5, 5.41) is 0. The average molecular weight is 428 g/mol. The summed E-state index contributed by atoms with van der Waals surface area (Å²) in [4.78, 5) is 12.1. The topological polar surface area (TPSA) is 61.5 Å². The van der Waals surface area contributed by atoms with Gasteiger partial charge in [0.2, 0.25) is 0 Å². The summed E-state index contributed by atoms with van der Waals surface area (Å²) in [6, 6.07) is 0. The lowest BCUT2D eigenvalue weighted by Gasteiger charge is -2.18. The van der Waals surface area contributed by atoms with Crippen LogP contribution in [0.25, 0.3) is 0 Å². The first kappa shape index (κ1) is 29.2. The molecular weight excluding hydrogens is 374 g/mol. The zero-order chi connectivity index (χ0) is 22.1. The molecule has 4 heteroatoms. The van der Waals surface area contributed by atoms with E-state index in [-0.39, 0.29) is 6.10 Å². The van der Waals surface area contributed by atoms with Crippen LogP contribution in [-0.2, 0) is 9.47 Å². The zero-order valence-corrected chi connectivity index (χ0v) is 20.4. The SMILES string of the molecule is CCCCCCCCCC(CCCCCCCCC)OC(=O)OCCCCCCN. The van der Waals surface area contributed by atoms with Gasteiger partial charge in [0.1, 0.15) is 6.10 Å². The first-order valence-electron chi connectivity index (χ1n) is 13.3. The Balaban J connectivity index is 4.01. The van der Waals surface area contributed by atoms with Crippen molar-refractivity contribution in [2.75, 3.05) is 13.2 Å². The second-order valence-corrected chi connectivity index (χ2v) is 8.86. The normalized spacial score (nSPS) is 11.2. The molecule has 180 valence electrons. The van der Waals surface area contributed by atoms with E-state index in [1.165, 1.54) is 77.0 Å². The number of ether oxygens (including phenoxy) is 2. The lowest BCUT2D eigenvalue weighted by Crippen LogP contribution is -2.19. The van der Waals surface area contributed by atoms with Crippen LogP contribution in [0.4, 0.5) is 4.79 Å². The van der Waals surface area contributed by atoms with Gasteiger partial charge in [0.05, 0.1) is 6.61 Å². The van der Waals surface area contributed by atoms with Crippen LogP contribution in [0.1, 0.15) is 142 Å². The van der Waals surface area contributed by atoms with Crippen molar-refractivity contribution in [2.45, 2.75) is 148 Å². The van der Waals surface area contributed by atoms with Crippen LogP contribution in [-0.4, -0.2) is 25.4 Å². The quantitative estimate of drug-likeness (QED) is 0.131. The van der Waals surface area contributed by atoms with Crippen LogP contribution in [0.2, 0.25) is 0 Å². The predicted octanol–water partition coefficient (Wildman–Crippen LogP) is 8.31. The molecule has 0 aromatic carbocycles. The van der Waals surface area contributed by atoms with E-state index < -0.39 is 6.16 Å². The lowest BCUT2D eigenvalue weighted by molar-refractivity contribution is 0.0154. The van der Waals surface area contributed by atoms with Gasteiger partial charge in [-0.2, -0.15) is 0 Å². The summed E-state index contributed by atoms with van der Waals surface area (Å²) in [5.41, 5.74) is 5.50. The Morgan fingerprint density at radius 1 is 0.633 bits per heavy atom. The number of hydrogen-bond acceptors (Lipinski definition) is 4. The molecule has 2 N–H and O–H groups in total. The van der Waals surface area contributed by atoms with E-state index in [2.05, 4.69) is 13.8 Å². The first-order valence-corrected chi connectivity index (χ1v) is 13.3. The summed E-state index contributed by atoms with van der Waals surface area (Å²) in [6.45, 7) is 5.71. The third-order valence-corrected chi connectivity index (χ3v) is 5.84. The van der Waals surface area contributed by atoms with E-state index in [1.54, 1.807) is 0 Å². The maximum atomic E-state index is 12.1. The number of hydrogen-bond donors (Lipinski definition) is 1. The second kappa shape index (κ2) is 24.5. The molecule has 0 atom stereocenters. The molecule has 0 rings (SSSR count). The third-order valence-electron chi connectivity index (χ3n) is 5.84. The minimum atomic E-state index is -0.468. The summed E-state index contributed by atoms with van der Waals surface area (Å²) in [6.07, 6.45) is 23.7. The number of nitrogens with two attached hydrogens (primary N) is 1. The molecule has 0 aliphatic heterocycles. The van der Waals surface area contributed by atoms with Gasteiger partial charge in [-0.1, -0.05) is 104 Å². The maximum Gasteiger partial charge on any atom is 0.508 e. The molecule has 0 unspecified atom stereocenters. The van der Waals surface area contributed by atoms with Gasteiger partial charge < -0.3 is 15.2 Å². The van der Waals surface area contributed by atoms with Gasteiger partial charge in [0, 0.05) is 0 Å². The fourth-order valence-electron chi connectivity index (χ4n) is 3.85. The van der Waals surface area contributed by atoms with E-state index >= 15 is 0 Å². The van der Waals surface area contributed by atoms with Gasteiger partial charge in [-0.3, -0.25) is 0 Å². The molecule has 0 aliphatic carbocycles. The van der Waals surface area contributed by atoms with E-state index in [0.29, 0.717) is 6.61 Å². The van der Waals surface area contributed by atoms with Crippen molar-refractivity contribution in [2.24, 2.45) is 5.73 Å². The van der Waals surface area contributed by atoms with Crippen molar-refractivity contribution < 1.29 is 14.3 Å². The van der Waals surface area contributed by atoms with E-state index in [0.717, 1.165) is 57.9 Å². The molecule has 0 aliphatic rings. The Kier molecular flexibility index (Phi) is 23.9. The van der Waals surface area contributed by atoms with Crippen LogP contribution in [0.5, 0.6) is 0 Å². The van der Waals surface area contributed by atoms with Crippen molar-refractivity contribution in [1.29, 1.82) is 0 Å². The van der Waals surface area contributed by atoms with Crippen molar-refractivity contribution in [1.82, 2.24) is 0 Å². The smallest absolute Gasteiger partial charge is 0.434 e. The van der Waals surface area contributed by atoms with Crippen molar-refractivity contribution in [3.05, 3.63) is 0 Å². The van der Waals surface area contributed by atoms with E-state index in [4.69, 9.17) is 15.2 Å². The van der Waals surface area contributed by atoms with Crippen LogP contribution < -0.4 is 5.73 Å². The number of carbonyl (C=O) groups excluding carboxylic acids is 1. The predicted molar refractivity (Wildman–Crippen MR) is 129 cm³/mol. The van der Waals surface area contributed by atoms with Crippen molar-refractivity contribution >= 4 is 6.16 Å². The first-order chi connectivity index (χ1) is 14.7. The van der Waals surface area contributed by atoms with E-state index in [1.807, 2.05) is 0 Å². The Morgan fingerprint density at radius 2 is 1.07 bits per heavy atom. The highest BCUT2D eigenvalue weighted by molar-refractivity contribution is 5.60. The Bertz CT molecular complexity index is 331. The molecule has 0 heterocycles. The van der Waals surface area contributed by atoms with Crippen LogP contribution >= 0.6 is 0 Å². The number of unbranched alkanes of at least 4 members (excludes halogenated alkanes) is 15. The van der Waals surface area contributed by atoms with Gasteiger partial charge in [0.15, 0.2) is 0 Å². The summed E-state index contributed by atoms with van der Waals surface area (Å²) < 4.78 is 11.0. The molecule has 0 spiro atoms. The molecule has 0 radical (unpaired) electrons. The summed E-state index contributed by atoms with van der Waals surface area (Å²) in [5.74, 6) is 0. The van der Waals surface area contributed by atoms with Crippen LogP contribution in [0.3, 0.4) is 0 Å². The molecule has 4 nitrogen and oxygen atoms in total. The average Bonchev–Trinajstić information content (AvgIpc) is 2.74. The van der Waals surface area contributed by atoms with Gasteiger partial charge in [0.25, 0.3) is 0 Å². The van der Waals surface area contributed by atoms with Crippen LogP contribution in [0, 0.1) is 0 Å². The molecule has 0 aromatic heterocycles. The second-order valence-electron chi connectivity index (χ2n) is 8.86. The molecule has 0 bridgehead atoms. The number of rotatable bonds is 23. The van der Waals surface area contributed by atoms with Gasteiger partial charge in [-0.15, -0.1) is 0 Å². The molecule has 0 saturated heterocycles. The Morgan fingerprint density at radius 3 is 1.57 bits per heavy atom. The molecule has 0 amide bonds. The van der Waals surface area contributed by atoms with E-state index in [9.17, 15) is 4.79 Å². The fraction of sp³-hybridized carbons (Fsp3) is 0.962. The highest BCUT2D eigenvalue weighted by Gasteiger charge is 2.15. The largest absolute Gasteiger partial charge is 0.508 e. The molecule has 0 saturated carbocycles. The molecule has 0 fully saturated rings. The van der Waals surface area contributed by atoms with Crippen LogP contribution in [0.15, 0.2) is 0 Å². The lowest BCUT2D eigenvalue weighted by atomic mass is 10.0.